The Morgan fingerprint density at radius 2 is 1.33 bits per heavy atom. The Kier molecular flexibility index (Phi) is 5.70. The first-order valence-corrected chi connectivity index (χ1v) is 7.72. The van der Waals surface area contributed by atoms with Crippen molar-refractivity contribution in [1.29, 1.82) is 0 Å². The highest BCUT2D eigenvalue weighted by Crippen LogP contribution is 2.24. The molecular formula is C17H26O. The van der Waals surface area contributed by atoms with Crippen LogP contribution >= 0.6 is 0 Å². The number of hydrogen-bond donors (Lipinski definition) is 0. The smallest absolute Gasteiger partial charge is 0.133 e. The molecule has 0 saturated carbocycles. The quantitative estimate of drug-likeness (QED) is 0.595. The van der Waals surface area contributed by atoms with E-state index in [4.69, 9.17) is 0 Å². The van der Waals surface area contributed by atoms with Gasteiger partial charge in [-0.25, -0.2) is 0 Å². The second-order valence-corrected chi connectivity index (χ2v) is 5.75. The first kappa shape index (κ1) is 13.6. The predicted molar refractivity (Wildman–Crippen MR) is 76.6 cm³/mol. The van der Waals surface area contributed by atoms with Gasteiger partial charge >= 0.3 is 0 Å². The van der Waals surface area contributed by atoms with Crippen molar-refractivity contribution in [2.24, 2.45) is 0 Å². The van der Waals surface area contributed by atoms with Gasteiger partial charge in [-0.3, -0.25) is 4.79 Å². The molecule has 1 heteroatoms. The molecule has 0 aliphatic heterocycles. The number of carbonyl (C=O) groups excluding carboxylic acids is 1. The Balaban J connectivity index is 1.62. The summed E-state index contributed by atoms with van der Waals surface area (Å²) in [4.78, 5) is 11.9. The Morgan fingerprint density at radius 3 is 1.72 bits per heavy atom. The summed E-state index contributed by atoms with van der Waals surface area (Å²) >= 11 is 0. The lowest BCUT2D eigenvalue weighted by molar-refractivity contribution is -0.119. The molecule has 0 aromatic rings. The normalized spacial score (nSPS) is 20.2. The third kappa shape index (κ3) is 4.80. The number of Topliss-reactive ketones (excluding diaryl/α,β-unsaturated/α-hetero) is 1. The summed E-state index contributed by atoms with van der Waals surface area (Å²) < 4.78 is 0. The summed E-state index contributed by atoms with van der Waals surface area (Å²) in [6.07, 6.45) is 18.6. The highest BCUT2D eigenvalue weighted by atomic mass is 16.1. The summed E-state index contributed by atoms with van der Waals surface area (Å²) in [5.41, 5.74) is 3.07. The molecule has 0 aromatic carbocycles. The summed E-state index contributed by atoms with van der Waals surface area (Å²) in [7, 11) is 0. The van der Waals surface area contributed by atoms with Crippen molar-refractivity contribution < 1.29 is 4.79 Å². The number of ketones is 1. The lowest BCUT2D eigenvalue weighted by Gasteiger charge is -2.13. The predicted octanol–water partition coefficient (Wildman–Crippen LogP) is 5.12. The fraction of sp³-hybridized carbons (Fsp3) is 0.706. The van der Waals surface area contributed by atoms with E-state index in [2.05, 4.69) is 12.2 Å². The SMILES string of the molecule is O=C(CCC1=CCCCC1)CCC1=CCCCC1. The van der Waals surface area contributed by atoms with Crippen molar-refractivity contribution in [2.75, 3.05) is 0 Å². The van der Waals surface area contributed by atoms with E-state index in [0.717, 1.165) is 25.7 Å². The van der Waals surface area contributed by atoms with Gasteiger partial charge in [0.05, 0.1) is 0 Å². The molecule has 0 aromatic heterocycles. The zero-order valence-corrected chi connectivity index (χ0v) is 11.5. The first-order valence-electron chi connectivity index (χ1n) is 7.72. The number of rotatable bonds is 6. The minimum Gasteiger partial charge on any atom is -0.300 e. The van der Waals surface area contributed by atoms with Crippen LogP contribution < -0.4 is 0 Å². The molecule has 0 radical (unpaired) electrons. The van der Waals surface area contributed by atoms with Crippen LogP contribution in [-0.4, -0.2) is 5.78 Å². The second-order valence-electron chi connectivity index (χ2n) is 5.75. The Bertz CT molecular complexity index is 304. The van der Waals surface area contributed by atoms with Crippen LogP contribution in [0.3, 0.4) is 0 Å². The number of allylic oxidation sites excluding steroid dienone is 4. The molecule has 0 saturated heterocycles. The summed E-state index contributed by atoms with van der Waals surface area (Å²) in [6.45, 7) is 0. The Hall–Kier alpha value is -0.850. The molecule has 18 heavy (non-hydrogen) atoms. The van der Waals surface area contributed by atoms with Crippen LogP contribution in [0.2, 0.25) is 0 Å². The zero-order valence-electron chi connectivity index (χ0n) is 11.5. The minimum absolute atomic E-state index is 0.466. The summed E-state index contributed by atoms with van der Waals surface area (Å²) in [5.74, 6) is 0.466. The molecule has 2 aliphatic rings. The Labute approximate surface area is 111 Å². The molecule has 0 unspecified atom stereocenters. The van der Waals surface area contributed by atoms with Crippen molar-refractivity contribution in [3.63, 3.8) is 0 Å². The van der Waals surface area contributed by atoms with Crippen LogP contribution in [0.25, 0.3) is 0 Å². The molecule has 0 atom stereocenters. The fourth-order valence-corrected chi connectivity index (χ4v) is 2.99. The van der Waals surface area contributed by atoms with Crippen LogP contribution in [0.5, 0.6) is 0 Å². The van der Waals surface area contributed by atoms with Gasteiger partial charge in [-0.05, 0) is 64.2 Å². The largest absolute Gasteiger partial charge is 0.300 e. The van der Waals surface area contributed by atoms with Crippen LogP contribution in [0, 0.1) is 0 Å². The van der Waals surface area contributed by atoms with Gasteiger partial charge in [0, 0.05) is 12.8 Å². The molecule has 0 heterocycles. The van der Waals surface area contributed by atoms with E-state index in [1.807, 2.05) is 0 Å². The third-order valence-corrected chi connectivity index (χ3v) is 4.22. The van der Waals surface area contributed by atoms with Crippen LogP contribution in [0.15, 0.2) is 23.3 Å². The molecule has 0 bridgehead atoms. The van der Waals surface area contributed by atoms with Crippen molar-refractivity contribution in [1.82, 2.24) is 0 Å². The molecule has 2 aliphatic carbocycles. The summed E-state index contributed by atoms with van der Waals surface area (Å²) in [5, 5.41) is 0. The molecule has 0 amide bonds. The van der Waals surface area contributed by atoms with E-state index in [0.29, 0.717) is 5.78 Å². The third-order valence-electron chi connectivity index (χ3n) is 4.22. The maximum Gasteiger partial charge on any atom is 0.133 e. The zero-order chi connectivity index (χ0) is 12.6. The average molecular weight is 246 g/mol. The van der Waals surface area contributed by atoms with Crippen LogP contribution in [0.4, 0.5) is 0 Å². The maximum atomic E-state index is 11.9. The van der Waals surface area contributed by atoms with Gasteiger partial charge < -0.3 is 0 Å². The van der Waals surface area contributed by atoms with Crippen molar-refractivity contribution in [3.8, 4) is 0 Å². The van der Waals surface area contributed by atoms with Gasteiger partial charge in [-0.1, -0.05) is 23.3 Å². The molecule has 100 valence electrons. The van der Waals surface area contributed by atoms with E-state index < -0.39 is 0 Å². The first-order chi connectivity index (χ1) is 8.84. The van der Waals surface area contributed by atoms with Crippen LogP contribution in [-0.2, 0) is 4.79 Å². The minimum atomic E-state index is 0.466. The van der Waals surface area contributed by atoms with Gasteiger partial charge in [0.25, 0.3) is 0 Å². The highest BCUT2D eigenvalue weighted by Gasteiger charge is 2.09. The van der Waals surface area contributed by atoms with E-state index >= 15 is 0 Å². The highest BCUT2D eigenvalue weighted by molar-refractivity contribution is 5.78. The van der Waals surface area contributed by atoms with E-state index in [1.54, 1.807) is 0 Å². The lowest BCUT2D eigenvalue weighted by Crippen LogP contribution is -2.02. The van der Waals surface area contributed by atoms with Crippen molar-refractivity contribution in [2.45, 2.75) is 77.0 Å². The van der Waals surface area contributed by atoms with Crippen molar-refractivity contribution in [3.05, 3.63) is 23.3 Å². The Morgan fingerprint density at radius 1 is 0.833 bits per heavy atom. The summed E-state index contributed by atoms with van der Waals surface area (Å²) in [6, 6.07) is 0. The van der Waals surface area contributed by atoms with Crippen LogP contribution in [0.1, 0.15) is 77.0 Å². The molecule has 2 rings (SSSR count). The van der Waals surface area contributed by atoms with Crippen molar-refractivity contribution >= 4 is 5.78 Å². The van der Waals surface area contributed by atoms with Gasteiger partial charge in [0.15, 0.2) is 0 Å². The van der Waals surface area contributed by atoms with Gasteiger partial charge in [0.1, 0.15) is 5.78 Å². The molecule has 0 spiro atoms. The molecular weight excluding hydrogens is 220 g/mol. The fourth-order valence-electron chi connectivity index (χ4n) is 2.99. The topological polar surface area (TPSA) is 17.1 Å². The van der Waals surface area contributed by atoms with E-state index in [1.165, 1.54) is 62.5 Å². The van der Waals surface area contributed by atoms with Gasteiger partial charge in [-0.15, -0.1) is 0 Å². The molecule has 0 N–H and O–H groups in total. The monoisotopic (exact) mass is 246 g/mol. The lowest BCUT2D eigenvalue weighted by atomic mass is 9.92. The van der Waals surface area contributed by atoms with Gasteiger partial charge in [0.2, 0.25) is 0 Å². The molecule has 0 fully saturated rings. The number of hydrogen-bond acceptors (Lipinski definition) is 1. The van der Waals surface area contributed by atoms with E-state index in [-0.39, 0.29) is 0 Å². The second kappa shape index (κ2) is 7.56. The maximum absolute atomic E-state index is 11.9. The standard InChI is InChI=1S/C17H26O/c18-17(13-11-15-7-3-1-4-8-15)14-12-16-9-5-2-6-10-16/h7,9H,1-6,8,10-14H2. The van der Waals surface area contributed by atoms with E-state index in [9.17, 15) is 4.79 Å². The molecule has 1 nitrogen and oxygen atoms in total. The average Bonchev–Trinajstić information content (AvgIpc) is 2.45. The number of carbonyl (C=O) groups is 1. The van der Waals surface area contributed by atoms with Gasteiger partial charge in [-0.2, -0.15) is 0 Å².